The Hall–Kier alpha value is -3.68. The lowest BCUT2D eigenvalue weighted by Crippen LogP contribution is -2.52. The predicted molar refractivity (Wildman–Crippen MR) is 121 cm³/mol. The average Bonchev–Trinajstić information content (AvgIpc) is 2.82. The third-order valence-electron chi connectivity index (χ3n) is 5.45. The number of rotatable bonds is 5. The number of urea groups is 1. The fourth-order valence-electron chi connectivity index (χ4n) is 3.82. The van der Waals surface area contributed by atoms with Gasteiger partial charge in [0.1, 0.15) is 18.2 Å². The van der Waals surface area contributed by atoms with Crippen LogP contribution in [0.2, 0.25) is 0 Å². The molecule has 1 saturated heterocycles. The molecule has 1 aromatic heterocycles. The molecule has 0 unspecified atom stereocenters. The fraction of sp³-hybridized carbons (Fsp3) is 0.292. The number of para-hydroxylation sites is 1. The second kappa shape index (κ2) is 9.64. The van der Waals surface area contributed by atoms with Crippen LogP contribution < -0.4 is 10.2 Å². The number of amides is 2. The molecule has 166 valence electrons. The lowest BCUT2D eigenvalue weighted by atomic mass is 10.0. The second-order valence-electron chi connectivity index (χ2n) is 7.46. The zero-order valence-electron chi connectivity index (χ0n) is 17.9. The van der Waals surface area contributed by atoms with Gasteiger partial charge in [0.25, 0.3) is 0 Å². The summed E-state index contributed by atoms with van der Waals surface area (Å²) in [5.41, 5.74) is 2.01. The van der Waals surface area contributed by atoms with Crippen LogP contribution in [0.25, 0.3) is 22.0 Å². The van der Waals surface area contributed by atoms with Crippen LogP contribution in [-0.4, -0.2) is 61.2 Å². The van der Waals surface area contributed by atoms with Gasteiger partial charge in [0.2, 0.25) is 0 Å². The van der Waals surface area contributed by atoms with E-state index in [9.17, 15) is 14.0 Å². The number of carbonyl (C=O) groups excluding carboxylic acids is 2. The number of anilines is 1. The summed E-state index contributed by atoms with van der Waals surface area (Å²) >= 11 is 0. The number of nitrogens with zero attached hydrogens (tertiary/aromatic N) is 3. The first-order valence-corrected chi connectivity index (χ1v) is 10.6. The van der Waals surface area contributed by atoms with Crippen LogP contribution >= 0.6 is 0 Å². The van der Waals surface area contributed by atoms with Crippen LogP contribution in [0.5, 0.6) is 0 Å². The minimum Gasteiger partial charge on any atom is -0.465 e. The number of pyridine rings is 1. The Labute approximate surface area is 185 Å². The molecule has 1 fully saturated rings. The number of benzene rings is 2. The van der Waals surface area contributed by atoms with Gasteiger partial charge in [-0.3, -0.25) is 4.79 Å². The van der Waals surface area contributed by atoms with Crippen LogP contribution in [0.1, 0.15) is 6.92 Å². The number of hydrogen-bond acceptors (Lipinski definition) is 5. The van der Waals surface area contributed by atoms with Gasteiger partial charge in [-0.2, -0.15) is 0 Å². The number of carbonyl (C=O) groups is 2. The van der Waals surface area contributed by atoms with Gasteiger partial charge in [0.05, 0.1) is 12.1 Å². The molecule has 2 amide bonds. The van der Waals surface area contributed by atoms with Crippen molar-refractivity contribution in [2.45, 2.75) is 6.92 Å². The van der Waals surface area contributed by atoms with E-state index < -0.39 is 5.97 Å². The van der Waals surface area contributed by atoms with E-state index >= 15 is 0 Å². The first kappa shape index (κ1) is 21.5. The standard InChI is InChI=1S/C24H25FN4O3/c1-2-32-22(30)16-26-24(31)29-14-12-28(13-15-29)21-11-10-17-6-5-8-19(23(17)27-21)18-7-3-4-9-20(18)25/h3-11H,2,12-16H2,1H3,(H,26,31). The van der Waals surface area contributed by atoms with E-state index in [1.165, 1.54) is 6.07 Å². The molecule has 2 heterocycles. The molecule has 1 N–H and O–H groups in total. The van der Waals surface area contributed by atoms with Gasteiger partial charge in [-0.05, 0) is 25.1 Å². The maximum atomic E-state index is 14.4. The molecule has 0 radical (unpaired) electrons. The minimum absolute atomic E-state index is 0.141. The van der Waals surface area contributed by atoms with Crippen molar-refractivity contribution >= 4 is 28.7 Å². The first-order chi connectivity index (χ1) is 15.6. The third kappa shape index (κ3) is 4.64. The van der Waals surface area contributed by atoms with Gasteiger partial charge < -0.3 is 19.9 Å². The molecule has 3 aromatic rings. The Morgan fingerprint density at radius 2 is 1.75 bits per heavy atom. The molecule has 8 heteroatoms. The molecular weight excluding hydrogens is 411 g/mol. The van der Waals surface area contributed by atoms with Gasteiger partial charge in [-0.1, -0.05) is 36.4 Å². The summed E-state index contributed by atoms with van der Waals surface area (Å²) < 4.78 is 19.2. The van der Waals surface area contributed by atoms with Crippen molar-refractivity contribution in [1.82, 2.24) is 15.2 Å². The summed E-state index contributed by atoms with van der Waals surface area (Å²) in [6.07, 6.45) is 0. The van der Waals surface area contributed by atoms with E-state index in [1.807, 2.05) is 36.4 Å². The van der Waals surface area contributed by atoms with E-state index in [4.69, 9.17) is 9.72 Å². The highest BCUT2D eigenvalue weighted by atomic mass is 19.1. The second-order valence-corrected chi connectivity index (χ2v) is 7.46. The quantitative estimate of drug-likeness (QED) is 0.621. The average molecular weight is 436 g/mol. The van der Waals surface area contributed by atoms with Crippen molar-refractivity contribution in [2.24, 2.45) is 0 Å². The van der Waals surface area contributed by atoms with E-state index in [2.05, 4.69) is 10.2 Å². The highest BCUT2D eigenvalue weighted by Crippen LogP contribution is 2.30. The van der Waals surface area contributed by atoms with E-state index in [0.717, 1.165) is 22.3 Å². The summed E-state index contributed by atoms with van der Waals surface area (Å²) in [5, 5.41) is 3.53. The fourth-order valence-corrected chi connectivity index (χ4v) is 3.82. The Bertz CT molecular complexity index is 1130. The monoisotopic (exact) mass is 436 g/mol. The summed E-state index contributed by atoms with van der Waals surface area (Å²) in [6, 6.07) is 16.1. The lowest BCUT2D eigenvalue weighted by Gasteiger charge is -2.35. The Morgan fingerprint density at radius 3 is 2.50 bits per heavy atom. The van der Waals surface area contributed by atoms with Gasteiger partial charge in [-0.25, -0.2) is 14.2 Å². The summed E-state index contributed by atoms with van der Waals surface area (Å²) in [6.45, 7) is 4.08. The minimum atomic E-state index is -0.453. The predicted octanol–water partition coefficient (Wildman–Crippen LogP) is 3.44. The highest BCUT2D eigenvalue weighted by Gasteiger charge is 2.23. The molecule has 32 heavy (non-hydrogen) atoms. The Morgan fingerprint density at radius 1 is 1.00 bits per heavy atom. The Balaban J connectivity index is 1.47. The van der Waals surface area contributed by atoms with Crippen molar-refractivity contribution in [2.75, 3.05) is 44.2 Å². The molecule has 4 rings (SSSR count). The molecule has 0 atom stereocenters. The van der Waals surface area contributed by atoms with Crippen molar-refractivity contribution in [3.63, 3.8) is 0 Å². The third-order valence-corrected chi connectivity index (χ3v) is 5.45. The summed E-state index contributed by atoms with van der Waals surface area (Å²) in [5.74, 6) is 0.0491. The van der Waals surface area contributed by atoms with Gasteiger partial charge in [-0.15, -0.1) is 0 Å². The molecule has 0 bridgehead atoms. The van der Waals surface area contributed by atoms with Crippen LogP contribution in [0.4, 0.5) is 15.0 Å². The molecule has 1 aliphatic heterocycles. The molecule has 7 nitrogen and oxygen atoms in total. The summed E-state index contributed by atoms with van der Waals surface area (Å²) in [7, 11) is 0. The van der Waals surface area contributed by atoms with Crippen molar-refractivity contribution < 1.29 is 18.7 Å². The smallest absolute Gasteiger partial charge is 0.325 e. The number of halogens is 1. The number of ether oxygens (including phenoxy) is 1. The van der Waals surface area contributed by atoms with Crippen LogP contribution in [0, 0.1) is 5.82 Å². The lowest BCUT2D eigenvalue weighted by molar-refractivity contribution is -0.141. The van der Waals surface area contributed by atoms with E-state index in [1.54, 1.807) is 24.0 Å². The summed E-state index contributed by atoms with van der Waals surface area (Å²) in [4.78, 5) is 32.3. The van der Waals surface area contributed by atoms with Crippen LogP contribution in [0.15, 0.2) is 54.6 Å². The zero-order valence-corrected chi connectivity index (χ0v) is 17.9. The Kier molecular flexibility index (Phi) is 6.49. The van der Waals surface area contributed by atoms with Crippen molar-refractivity contribution in [3.8, 4) is 11.1 Å². The zero-order chi connectivity index (χ0) is 22.5. The number of nitrogens with one attached hydrogen (secondary N) is 1. The van der Waals surface area contributed by atoms with E-state index in [-0.39, 0.29) is 25.0 Å². The topological polar surface area (TPSA) is 74.8 Å². The number of aromatic nitrogens is 1. The van der Waals surface area contributed by atoms with Crippen molar-refractivity contribution in [3.05, 3.63) is 60.4 Å². The normalized spacial score (nSPS) is 13.8. The molecule has 0 aliphatic carbocycles. The van der Waals surface area contributed by atoms with Crippen molar-refractivity contribution in [1.29, 1.82) is 0 Å². The highest BCUT2D eigenvalue weighted by molar-refractivity contribution is 5.94. The number of esters is 1. The molecule has 0 saturated carbocycles. The van der Waals surface area contributed by atoms with Crippen LogP contribution in [-0.2, 0) is 9.53 Å². The SMILES string of the molecule is CCOC(=O)CNC(=O)N1CCN(c2ccc3cccc(-c4ccccc4F)c3n2)CC1. The molecule has 1 aliphatic rings. The molecular formula is C24H25FN4O3. The maximum absolute atomic E-state index is 14.4. The molecule has 2 aromatic carbocycles. The van der Waals surface area contributed by atoms with Gasteiger partial charge in [0.15, 0.2) is 0 Å². The largest absolute Gasteiger partial charge is 0.465 e. The van der Waals surface area contributed by atoms with E-state index in [0.29, 0.717) is 31.7 Å². The number of fused-ring (bicyclic) bond motifs is 1. The molecule has 0 spiro atoms. The number of piperazine rings is 1. The van der Waals surface area contributed by atoms with Gasteiger partial charge in [0, 0.05) is 42.7 Å². The first-order valence-electron chi connectivity index (χ1n) is 10.6. The maximum Gasteiger partial charge on any atom is 0.325 e. The van der Waals surface area contributed by atoms with Crippen LogP contribution in [0.3, 0.4) is 0 Å². The van der Waals surface area contributed by atoms with Gasteiger partial charge >= 0.3 is 12.0 Å². The number of hydrogen-bond donors (Lipinski definition) is 1.